The normalized spacial score (nSPS) is 12.9. The van der Waals surface area contributed by atoms with Crippen LogP contribution in [0.15, 0.2) is 29.7 Å². The standard InChI is InChI=1S/C12H17NO2S/c1-3-15-12(14)7-4-8-13-10(2)11-6-5-9-16-11/h4-7,9-10,13H,3,8H2,1-2H3/b7-4+/t10-/m1/s1. The predicted molar refractivity (Wildman–Crippen MR) is 66.5 cm³/mol. The van der Waals surface area contributed by atoms with Crippen molar-refractivity contribution < 1.29 is 9.53 Å². The number of ether oxygens (including phenoxy) is 1. The first-order valence-corrected chi connectivity index (χ1v) is 6.22. The summed E-state index contributed by atoms with van der Waals surface area (Å²) < 4.78 is 4.77. The van der Waals surface area contributed by atoms with Gasteiger partial charge in [-0.05, 0) is 25.3 Å². The van der Waals surface area contributed by atoms with Gasteiger partial charge in [0, 0.05) is 23.5 Å². The summed E-state index contributed by atoms with van der Waals surface area (Å²) in [4.78, 5) is 12.3. The Morgan fingerprint density at radius 2 is 2.50 bits per heavy atom. The molecule has 1 rings (SSSR count). The van der Waals surface area contributed by atoms with Crippen molar-refractivity contribution in [1.29, 1.82) is 0 Å². The first kappa shape index (κ1) is 12.9. The fraction of sp³-hybridized carbons (Fsp3) is 0.417. The largest absolute Gasteiger partial charge is 0.463 e. The van der Waals surface area contributed by atoms with E-state index in [2.05, 4.69) is 23.7 Å². The van der Waals surface area contributed by atoms with Crippen LogP contribution in [0.2, 0.25) is 0 Å². The van der Waals surface area contributed by atoms with Gasteiger partial charge < -0.3 is 10.1 Å². The van der Waals surface area contributed by atoms with Crippen LogP contribution in [0.25, 0.3) is 0 Å². The van der Waals surface area contributed by atoms with E-state index in [1.54, 1.807) is 24.3 Å². The van der Waals surface area contributed by atoms with Crippen molar-refractivity contribution in [3.63, 3.8) is 0 Å². The summed E-state index contributed by atoms with van der Waals surface area (Å²) in [6.07, 6.45) is 3.24. The minimum absolute atomic E-state index is 0.284. The second-order valence-electron chi connectivity index (χ2n) is 3.30. The molecule has 3 nitrogen and oxygen atoms in total. The molecule has 0 radical (unpaired) electrons. The maximum Gasteiger partial charge on any atom is 0.330 e. The van der Waals surface area contributed by atoms with Crippen molar-refractivity contribution in [2.45, 2.75) is 19.9 Å². The monoisotopic (exact) mass is 239 g/mol. The molecule has 0 unspecified atom stereocenters. The number of nitrogens with one attached hydrogen (secondary N) is 1. The summed E-state index contributed by atoms with van der Waals surface area (Å²) in [5.41, 5.74) is 0. The lowest BCUT2D eigenvalue weighted by atomic mass is 10.3. The van der Waals surface area contributed by atoms with E-state index in [0.717, 1.165) is 0 Å². The number of carbonyl (C=O) groups is 1. The molecule has 1 aromatic heterocycles. The predicted octanol–water partition coefficient (Wildman–Crippen LogP) is 2.52. The third-order valence-corrected chi connectivity index (χ3v) is 3.11. The molecular formula is C12H17NO2S. The van der Waals surface area contributed by atoms with Gasteiger partial charge in [-0.3, -0.25) is 0 Å². The molecule has 0 saturated carbocycles. The van der Waals surface area contributed by atoms with E-state index in [-0.39, 0.29) is 5.97 Å². The first-order chi connectivity index (χ1) is 7.74. The van der Waals surface area contributed by atoms with Gasteiger partial charge in [-0.25, -0.2) is 4.79 Å². The summed E-state index contributed by atoms with van der Waals surface area (Å²) in [7, 11) is 0. The van der Waals surface area contributed by atoms with Crippen molar-refractivity contribution in [1.82, 2.24) is 5.32 Å². The van der Waals surface area contributed by atoms with E-state index >= 15 is 0 Å². The fourth-order valence-corrected chi connectivity index (χ4v) is 1.99. The van der Waals surface area contributed by atoms with Gasteiger partial charge in [0.1, 0.15) is 0 Å². The Balaban J connectivity index is 2.23. The summed E-state index contributed by atoms with van der Waals surface area (Å²) in [6, 6.07) is 4.44. The SMILES string of the molecule is CCOC(=O)/C=C/CN[C@H](C)c1cccs1. The molecule has 0 aliphatic carbocycles. The van der Waals surface area contributed by atoms with Crippen LogP contribution in [0.1, 0.15) is 24.8 Å². The van der Waals surface area contributed by atoms with E-state index in [1.165, 1.54) is 11.0 Å². The van der Waals surface area contributed by atoms with E-state index in [4.69, 9.17) is 4.74 Å². The molecule has 1 N–H and O–H groups in total. The number of esters is 1. The molecule has 1 atom stereocenters. The van der Waals surface area contributed by atoms with Gasteiger partial charge >= 0.3 is 5.97 Å². The highest BCUT2D eigenvalue weighted by molar-refractivity contribution is 7.10. The molecule has 1 aromatic rings. The quantitative estimate of drug-likeness (QED) is 0.612. The highest BCUT2D eigenvalue weighted by atomic mass is 32.1. The van der Waals surface area contributed by atoms with E-state index in [9.17, 15) is 4.79 Å². The number of hydrogen-bond acceptors (Lipinski definition) is 4. The van der Waals surface area contributed by atoms with Gasteiger partial charge in [0.05, 0.1) is 6.61 Å². The molecule has 0 amide bonds. The molecule has 0 fully saturated rings. The molecule has 0 aliphatic rings. The van der Waals surface area contributed by atoms with Gasteiger partial charge in [0.15, 0.2) is 0 Å². The maximum atomic E-state index is 11.0. The second kappa shape index (κ2) is 7.19. The van der Waals surface area contributed by atoms with Crippen LogP contribution in [-0.2, 0) is 9.53 Å². The molecule has 0 aromatic carbocycles. The zero-order valence-electron chi connectivity index (χ0n) is 9.60. The maximum absolute atomic E-state index is 11.0. The van der Waals surface area contributed by atoms with E-state index in [0.29, 0.717) is 19.2 Å². The van der Waals surface area contributed by atoms with E-state index in [1.807, 2.05) is 6.07 Å². The Bertz CT molecular complexity index is 333. The summed E-state index contributed by atoms with van der Waals surface area (Å²) in [5, 5.41) is 5.36. The molecular weight excluding hydrogens is 222 g/mol. The summed E-state index contributed by atoms with van der Waals surface area (Å²) >= 11 is 1.73. The van der Waals surface area contributed by atoms with Crippen LogP contribution in [0.4, 0.5) is 0 Å². The van der Waals surface area contributed by atoms with Gasteiger partial charge in [-0.1, -0.05) is 12.1 Å². The van der Waals surface area contributed by atoms with Crippen molar-refractivity contribution in [2.75, 3.05) is 13.2 Å². The van der Waals surface area contributed by atoms with Crippen LogP contribution < -0.4 is 5.32 Å². The lowest BCUT2D eigenvalue weighted by molar-refractivity contribution is -0.137. The number of hydrogen-bond donors (Lipinski definition) is 1. The van der Waals surface area contributed by atoms with Gasteiger partial charge in [-0.2, -0.15) is 0 Å². The third-order valence-electron chi connectivity index (χ3n) is 2.05. The van der Waals surface area contributed by atoms with Crippen LogP contribution in [0, 0.1) is 0 Å². The minimum Gasteiger partial charge on any atom is -0.463 e. The van der Waals surface area contributed by atoms with Crippen molar-refractivity contribution >= 4 is 17.3 Å². The Kier molecular flexibility index (Phi) is 5.82. The van der Waals surface area contributed by atoms with Crippen molar-refractivity contribution in [3.05, 3.63) is 34.5 Å². The van der Waals surface area contributed by atoms with Crippen LogP contribution in [-0.4, -0.2) is 19.1 Å². The van der Waals surface area contributed by atoms with E-state index < -0.39 is 0 Å². The highest BCUT2D eigenvalue weighted by Gasteiger charge is 2.03. The van der Waals surface area contributed by atoms with Crippen LogP contribution in [0.3, 0.4) is 0 Å². The zero-order valence-corrected chi connectivity index (χ0v) is 10.4. The van der Waals surface area contributed by atoms with Gasteiger partial charge in [0.2, 0.25) is 0 Å². The Morgan fingerprint density at radius 3 is 3.12 bits per heavy atom. The first-order valence-electron chi connectivity index (χ1n) is 5.34. The summed E-state index contributed by atoms with van der Waals surface area (Å²) in [5.74, 6) is -0.284. The lowest BCUT2D eigenvalue weighted by Gasteiger charge is -2.09. The van der Waals surface area contributed by atoms with Gasteiger partial charge in [-0.15, -0.1) is 11.3 Å². The molecule has 0 spiro atoms. The summed E-state index contributed by atoms with van der Waals surface area (Å²) in [6.45, 7) is 4.98. The molecule has 88 valence electrons. The highest BCUT2D eigenvalue weighted by Crippen LogP contribution is 2.17. The third kappa shape index (κ3) is 4.59. The number of rotatable bonds is 6. The molecule has 0 saturated heterocycles. The average Bonchev–Trinajstić information content (AvgIpc) is 2.78. The smallest absolute Gasteiger partial charge is 0.330 e. The van der Waals surface area contributed by atoms with Crippen LogP contribution >= 0.6 is 11.3 Å². The van der Waals surface area contributed by atoms with Crippen LogP contribution in [0.5, 0.6) is 0 Å². The Hall–Kier alpha value is -1.13. The zero-order chi connectivity index (χ0) is 11.8. The molecule has 16 heavy (non-hydrogen) atoms. The number of thiophene rings is 1. The molecule has 1 heterocycles. The van der Waals surface area contributed by atoms with Gasteiger partial charge in [0.25, 0.3) is 0 Å². The molecule has 0 bridgehead atoms. The Morgan fingerprint density at radius 1 is 1.69 bits per heavy atom. The fourth-order valence-electron chi connectivity index (χ4n) is 1.23. The average molecular weight is 239 g/mol. The minimum atomic E-state index is -0.284. The molecule has 0 aliphatic heterocycles. The topological polar surface area (TPSA) is 38.3 Å². The molecule has 4 heteroatoms. The second-order valence-corrected chi connectivity index (χ2v) is 4.28. The van der Waals surface area contributed by atoms with Crippen molar-refractivity contribution in [2.24, 2.45) is 0 Å². The lowest BCUT2D eigenvalue weighted by Crippen LogP contribution is -2.17. The Labute approximate surface area is 100 Å². The number of carbonyl (C=O) groups excluding carboxylic acids is 1. The van der Waals surface area contributed by atoms with Crippen molar-refractivity contribution in [3.8, 4) is 0 Å².